The number of amides is 2. The molecule has 0 radical (unpaired) electrons. The molecule has 0 N–H and O–H groups in total. The van der Waals surface area contributed by atoms with Gasteiger partial charge < -0.3 is 4.90 Å². The van der Waals surface area contributed by atoms with Gasteiger partial charge in [0.15, 0.2) is 5.78 Å². The summed E-state index contributed by atoms with van der Waals surface area (Å²) in [6.45, 7) is 5.33. The van der Waals surface area contributed by atoms with Gasteiger partial charge in [-0.3, -0.25) is 14.4 Å². The summed E-state index contributed by atoms with van der Waals surface area (Å²) >= 11 is 0. The zero-order valence-electron chi connectivity index (χ0n) is 16.6. The van der Waals surface area contributed by atoms with Crippen molar-refractivity contribution in [1.82, 2.24) is 0 Å². The Morgan fingerprint density at radius 1 is 0.897 bits per heavy atom. The van der Waals surface area contributed by atoms with Crippen molar-refractivity contribution in [3.63, 3.8) is 0 Å². The van der Waals surface area contributed by atoms with Gasteiger partial charge in [0, 0.05) is 5.69 Å². The fourth-order valence-electron chi connectivity index (χ4n) is 5.35. The van der Waals surface area contributed by atoms with E-state index >= 15 is 0 Å². The summed E-state index contributed by atoms with van der Waals surface area (Å²) in [5.41, 5.74) is 4.33. The van der Waals surface area contributed by atoms with E-state index < -0.39 is 17.9 Å². The zero-order valence-corrected chi connectivity index (χ0v) is 16.6. The Kier molecular flexibility index (Phi) is 3.78. The summed E-state index contributed by atoms with van der Waals surface area (Å²) < 4.78 is 0. The number of imide groups is 1. The van der Waals surface area contributed by atoms with Crippen LogP contribution in [0.1, 0.15) is 23.6 Å². The highest BCUT2D eigenvalue weighted by Gasteiger charge is 2.63. The Morgan fingerprint density at radius 3 is 2.24 bits per heavy atom. The first-order valence-electron chi connectivity index (χ1n) is 9.92. The van der Waals surface area contributed by atoms with Crippen molar-refractivity contribution in [3.05, 3.63) is 65.2 Å². The standard InChI is InChI=1S/C24H22N2O3/c1-13-7-6-8-14(2)21(13)26-23(28)19-18-12-11-16-9-4-5-10-17(16)25(18)22(15(3)27)20(19)24(26)29/h4-12,18-20,22H,1-3H3/t18-,19+,20+,22+/m0/s1. The van der Waals surface area contributed by atoms with Gasteiger partial charge >= 0.3 is 0 Å². The number of Topliss-reactive ketones (excluding diaryl/α,β-unsaturated/α-hetero) is 1. The molecule has 0 aliphatic carbocycles. The summed E-state index contributed by atoms with van der Waals surface area (Å²) in [4.78, 5) is 43.2. The summed E-state index contributed by atoms with van der Waals surface area (Å²) in [6.07, 6.45) is 3.97. The van der Waals surface area contributed by atoms with Crippen molar-refractivity contribution >= 4 is 35.0 Å². The second-order valence-corrected chi connectivity index (χ2v) is 8.18. The number of aryl methyl sites for hydroxylation is 2. The molecule has 0 unspecified atom stereocenters. The molecule has 3 aliphatic rings. The number of nitrogens with zero attached hydrogens (tertiary/aromatic N) is 2. The van der Waals surface area contributed by atoms with Crippen LogP contribution in [0.4, 0.5) is 11.4 Å². The van der Waals surface area contributed by atoms with E-state index in [1.165, 1.54) is 11.8 Å². The molecular weight excluding hydrogens is 364 g/mol. The number of carbonyl (C=O) groups is 3. The third-order valence-electron chi connectivity index (χ3n) is 6.49. The molecule has 3 heterocycles. The van der Waals surface area contributed by atoms with Crippen LogP contribution in [0.15, 0.2) is 48.5 Å². The molecule has 5 nitrogen and oxygen atoms in total. The predicted octanol–water partition coefficient (Wildman–Crippen LogP) is 3.28. The van der Waals surface area contributed by atoms with Crippen LogP contribution in [0.25, 0.3) is 6.08 Å². The number of rotatable bonds is 2. The number of fused-ring (bicyclic) bond motifs is 5. The number of para-hydroxylation sites is 2. The molecule has 29 heavy (non-hydrogen) atoms. The first-order chi connectivity index (χ1) is 13.9. The molecule has 3 aliphatic heterocycles. The summed E-state index contributed by atoms with van der Waals surface area (Å²) in [5, 5.41) is 0. The molecule has 0 aromatic heterocycles. The average molecular weight is 386 g/mol. The van der Waals surface area contributed by atoms with Crippen LogP contribution in [-0.2, 0) is 14.4 Å². The highest BCUT2D eigenvalue weighted by atomic mass is 16.2. The topological polar surface area (TPSA) is 57.7 Å². The smallest absolute Gasteiger partial charge is 0.240 e. The van der Waals surface area contributed by atoms with Gasteiger partial charge in [-0.15, -0.1) is 0 Å². The lowest BCUT2D eigenvalue weighted by Crippen LogP contribution is -2.48. The van der Waals surface area contributed by atoms with Crippen LogP contribution in [0.3, 0.4) is 0 Å². The molecule has 2 saturated heterocycles. The summed E-state index contributed by atoms with van der Waals surface area (Å²) in [5.74, 6) is -1.78. The van der Waals surface area contributed by atoms with Crippen molar-refractivity contribution in [2.24, 2.45) is 11.8 Å². The van der Waals surface area contributed by atoms with Crippen LogP contribution in [0.2, 0.25) is 0 Å². The first-order valence-corrected chi connectivity index (χ1v) is 9.92. The number of hydrogen-bond donors (Lipinski definition) is 0. The number of ketones is 1. The molecule has 2 aromatic rings. The predicted molar refractivity (Wildman–Crippen MR) is 112 cm³/mol. The molecule has 2 aromatic carbocycles. The number of anilines is 2. The molecular formula is C24H22N2O3. The van der Waals surface area contributed by atoms with Gasteiger partial charge in [-0.2, -0.15) is 0 Å². The van der Waals surface area contributed by atoms with Crippen LogP contribution >= 0.6 is 0 Å². The van der Waals surface area contributed by atoms with Gasteiger partial charge in [0.1, 0.15) is 6.04 Å². The van der Waals surface area contributed by atoms with Crippen LogP contribution < -0.4 is 9.80 Å². The highest BCUT2D eigenvalue weighted by molar-refractivity contribution is 6.25. The Morgan fingerprint density at radius 2 is 1.55 bits per heavy atom. The number of hydrogen-bond acceptors (Lipinski definition) is 4. The van der Waals surface area contributed by atoms with E-state index in [1.807, 2.05) is 73.4 Å². The Labute approximate surface area is 169 Å². The SMILES string of the molecule is CC(=O)[C@@H]1[C@@H]2C(=O)N(c3c(C)cccc3C)C(=O)[C@@H]2[C@@H]2C=Cc3ccccc3N12. The van der Waals surface area contributed by atoms with E-state index in [4.69, 9.17) is 0 Å². The normalized spacial score (nSPS) is 27.1. The second kappa shape index (κ2) is 6.14. The largest absolute Gasteiger partial charge is 0.353 e. The van der Waals surface area contributed by atoms with E-state index in [-0.39, 0.29) is 23.6 Å². The Balaban J connectivity index is 1.66. The van der Waals surface area contributed by atoms with Gasteiger partial charge in [-0.05, 0) is 43.5 Å². The van der Waals surface area contributed by atoms with E-state index in [1.54, 1.807) is 0 Å². The maximum Gasteiger partial charge on any atom is 0.240 e. The minimum absolute atomic E-state index is 0.0860. The molecule has 0 saturated carbocycles. The molecule has 2 amide bonds. The summed E-state index contributed by atoms with van der Waals surface area (Å²) in [6, 6.07) is 12.6. The molecule has 2 fully saturated rings. The molecule has 5 rings (SSSR count). The molecule has 0 spiro atoms. The van der Waals surface area contributed by atoms with Gasteiger partial charge in [-0.1, -0.05) is 48.6 Å². The number of carbonyl (C=O) groups excluding carboxylic acids is 3. The van der Waals surface area contributed by atoms with Crippen LogP contribution in [-0.4, -0.2) is 29.7 Å². The maximum absolute atomic E-state index is 13.6. The monoisotopic (exact) mass is 386 g/mol. The third-order valence-corrected chi connectivity index (χ3v) is 6.49. The third kappa shape index (κ3) is 2.30. The Bertz CT molecular complexity index is 1080. The van der Waals surface area contributed by atoms with E-state index in [0.717, 1.165) is 22.4 Å². The average Bonchev–Trinajstić information content (AvgIpc) is 3.17. The molecule has 0 bridgehead atoms. The van der Waals surface area contributed by atoms with E-state index in [9.17, 15) is 14.4 Å². The lowest BCUT2D eigenvalue weighted by atomic mass is 9.88. The first kappa shape index (κ1) is 17.9. The molecule has 4 atom stereocenters. The van der Waals surface area contributed by atoms with Gasteiger partial charge in [0.2, 0.25) is 11.8 Å². The minimum Gasteiger partial charge on any atom is -0.353 e. The quantitative estimate of drug-likeness (QED) is 0.744. The zero-order chi connectivity index (χ0) is 20.4. The lowest BCUT2D eigenvalue weighted by molar-refractivity contribution is -0.126. The van der Waals surface area contributed by atoms with Crippen LogP contribution in [0, 0.1) is 25.7 Å². The van der Waals surface area contributed by atoms with Crippen molar-refractivity contribution < 1.29 is 14.4 Å². The number of benzene rings is 2. The van der Waals surface area contributed by atoms with Crippen molar-refractivity contribution in [3.8, 4) is 0 Å². The van der Waals surface area contributed by atoms with Gasteiger partial charge in [0.25, 0.3) is 0 Å². The van der Waals surface area contributed by atoms with E-state index in [0.29, 0.717) is 5.69 Å². The second-order valence-electron chi connectivity index (χ2n) is 8.18. The Hall–Kier alpha value is -3.21. The highest BCUT2D eigenvalue weighted by Crippen LogP contribution is 2.49. The van der Waals surface area contributed by atoms with Crippen molar-refractivity contribution in [1.29, 1.82) is 0 Å². The van der Waals surface area contributed by atoms with Crippen LogP contribution in [0.5, 0.6) is 0 Å². The summed E-state index contributed by atoms with van der Waals surface area (Å²) in [7, 11) is 0. The van der Waals surface area contributed by atoms with Gasteiger partial charge in [0.05, 0.1) is 23.6 Å². The molecule has 146 valence electrons. The fraction of sp³-hybridized carbons (Fsp3) is 0.292. The van der Waals surface area contributed by atoms with E-state index in [2.05, 4.69) is 0 Å². The van der Waals surface area contributed by atoms with Crippen molar-refractivity contribution in [2.75, 3.05) is 9.80 Å². The lowest BCUT2D eigenvalue weighted by Gasteiger charge is -2.36. The fourth-order valence-corrected chi connectivity index (χ4v) is 5.35. The maximum atomic E-state index is 13.6. The minimum atomic E-state index is -0.667. The van der Waals surface area contributed by atoms with Crippen molar-refractivity contribution in [2.45, 2.75) is 32.9 Å². The van der Waals surface area contributed by atoms with Gasteiger partial charge in [-0.25, -0.2) is 4.90 Å². The molecule has 5 heteroatoms.